The molecule has 0 aliphatic rings. The molecule has 0 unspecified atom stereocenters. The van der Waals surface area contributed by atoms with Crippen molar-refractivity contribution < 1.29 is 18.7 Å². The lowest BCUT2D eigenvalue weighted by atomic mass is 10.1. The minimum absolute atomic E-state index is 0.000316. The average molecular weight is 382 g/mol. The molecule has 28 heavy (non-hydrogen) atoms. The van der Waals surface area contributed by atoms with Crippen molar-refractivity contribution in [2.45, 2.75) is 33.9 Å². The van der Waals surface area contributed by atoms with E-state index in [9.17, 15) is 9.59 Å². The van der Waals surface area contributed by atoms with Crippen LogP contribution < -0.4 is 15.8 Å². The van der Waals surface area contributed by atoms with Gasteiger partial charge in [-0.1, -0.05) is 18.2 Å². The van der Waals surface area contributed by atoms with E-state index in [1.165, 1.54) is 4.68 Å². The number of hydrogen-bond donors (Lipinski definition) is 2. The Morgan fingerprint density at radius 3 is 2.57 bits per heavy atom. The Bertz CT molecular complexity index is 999. The van der Waals surface area contributed by atoms with Gasteiger partial charge in [0.25, 0.3) is 11.8 Å². The summed E-state index contributed by atoms with van der Waals surface area (Å²) in [6.07, 6.45) is 1.55. The lowest BCUT2D eigenvalue weighted by Gasteiger charge is -2.10. The Balaban J connectivity index is 1.69. The predicted molar refractivity (Wildman–Crippen MR) is 103 cm³/mol. The van der Waals surface area contributed by atoms with E-state index in [1.54, 1.807) is 18.3 Å². The molecule has 8 nitrogen and oxygen atoms in total. The van der Waals surface area contributed by atoms with E-state index in [0.717, 1.165) is 16.9 Å². The number of nitrogens with zero attached hydrogens (tertiary/aromatic N) is 2. The van der Waals surface area contributed by atoms with Gasteiger partial charge in [-0.05, 0) is 44.0 Å². The molecule has 1 aromatic carbocycles. The highest BCUT2D eigenvalue weighted by Crippen LogP contribution is 2.24. The fourth-order valence-corrected chi connectivity index (χ4v) is 2.79. The molecule has 0 aliphatic heterocycles. The fraction of sp³-hybridized carbons (Fsp3) is 0.250. The number of ether oxygens (including phenoxy) is 1. The van der Waals surface area contributed by atoms with Crippen LogP contribution in [0.25, 0.3) is 0 Å². The summed E-state index contributed by atoms with van der Waals surface area (Å²) in [5.74, 6) is 0.177. The molecule has 0 spiro atoms. The number of carbonyl (C=O) groups excluding carboxylic acids is 2. The van der Waals surface area contributed by atoms with Crippen molar-refractivity contribution in [1.82, 2.24) is 9.78 Å². The van der Waals surface area contributed by atoms with Gasteiger partial charge in [0.2, 0.25) is 0 Å². The second-order valence-corrected chi connectivity index (χ2v) is 6.34. The zero-order valence-electron chi connectivity index (χ0n) is 16.0. The van der Waals surface area contributed by atoms with Gasteiger partial charge in [-0.15, -0.1) is 0 Å². The highest BCUT2D eigenvalue weighted by atomic mass is 16.5. The molecule has 0 saturated heterocycles. The number of amides is 2. The molecule has 3 aromatic rings. The van der Waals surface area contributed by atoms with Gasteiger partial charge in [0.05, 0.1) is 5.69 Å². The second kappa shape index (κ2) is 7.99. The standard InChI is InChI=1S/C20H22N4O4/c1-4-24-10-15(17(23-24)19(21)25)22-20(26)16-9-8-14(28-16)11-27-18-12(2)6-5-7-13(18)3/h5-10H,4,11H2,1-3H3,(H2,21,25)(H,22,26). The van der Waals surface area contributed by atoms with Gasteiger partial charge >= 0.3 is 0 Å². The van der Waals surface area contributed by atoms with Gasteiger partial charge in [0.15, 0.2) is 11.5 Å². The van der Waals surface area contributed by atoms with Crippen LogP contribution >= 0.6 is 0 Å². The summed E-state index contributed by atoms with van der Waals surface area (Å²) < 4.78 is 12.9. The van der Waals surface area contributed by atoms with Crippen LogP contribution in [-0.4, -0.2) is 21.6 Å². The molecule has 2 heterocycles. The smallest absolute Gasteiger partial charge is 0.291 e. The van der Waals surface area contributed by atoms with E-state index in [0.29, 0.717) is 12.3 Å². The molecule has 8 heteroatoms. The van der Waals surface area contributed by atoms with E-state index in [2.05, 4.69) is 10.4 Å². The summed E-state index contributed by atoms with van der Waals surface area (Å²) in [4.78, 5) is 24.0. The van der Waals surface area contributed by atoms with Gasteiger partial charge in [-0.2, -0.15) is 5.10 Å². The van der Waals surface area contributed by atoms with Crippen LogP contribution in [0.1, 0.15) is 44.9 Å². The Morgan fingerprint density at radius 1 is 1.21 bits per heavy atom. The van der Waals surface area contributed by atoms with Gasteiger partial charge in [-0.25, -0.2) is 0 Å². The van der Waals surface area contributed by atoms with Crippen molar-refractivity contribution in [3.63, 3.8) is 0 Å². The van der Waals surface area contributed by atoms with Crippen LogP contribution in [0, 0.1) is 13.8 Å². The molecular weight excluding hydrogens is 360 g/mol. The number of rotatable bonds is 7. The largest absolute Gasteiger partial charge is 0.485 e. The maximum Gasteiger partial charge on any atom is 0.291 e. The first-order chi connectivity index (χ1) is 13.4. The topological polar surface area (TPSA) is 112 Å². The van der Waals surface area contributed by atoms with Crippen LogP contribution in [0.3, 0.4) is 0 Å². The monoisotopic (exact) mass is 382 g/mol. The van der Waals surface area contributed by atoms with Crippen molar-refractivity contribution in [1.29, 1.82) is 0 Å². The number of anilines is 1. The van der Waals surface area contributed by atoms with Gasteiger partial charge < -0.3 is 20.2 Å². The first-order valence-corrected chi connectivity index (χ1v) is 8.85. The van der Waals surface area contributed by atoms with Crippen molar-refractivity contribution in [3.8, 4) is 5.75 Å². The highest BCUT2D eigenvalue weighted by Gasteiger charge is 2.19. The SMILES string of the molecule is CCn1cc(NC(=O)c2ccc(COc3c(C)cccc3C)o2)c(C(N)=O)n1. The number of primary amides is 1. The van der Waals surface area contributed by atoms with E-state index < -0.39 is 11.8 Å². The number of nitrogens with two attached hydrogens (primary N) is 1. The normalized spacial score (nSPS) is 10.7. The van der Waals surface area contributed by atoms with E-state index in [-0.39, 0.29) is 23.7 Å². The third kappa shape index (κ3) is 4.06. The third-order valence-corrected chi connectivity index (χ3v) is 4.22. The van der Waals surface area contributed by atoms with Crippen molar-refractivity contribution in [2.24, 2.45) is 5.73 Å². The van der Waals surface area contributed by atoms with Gasteiger partial charge in [0.1, 0.15) is 18.1 Å². The molecule has 0 radical (unpaired) electrons. The Kier molecular flexibility index (Phi) is 5.49. The Labute approximate surface area is 162 Å². The summed E-state index contributed by atoms with van der Waals surface area (Å²) in [6, 6.07) is 9.13. The summed E-state index contributed by atoms with van der Waals surface area (Å²) in [5, 5.41) is 6.65. The number of hydrogen-bond acceptors (Lipinski definition) is 5. The highest BCUT2D eigenvalue weighted by molar-refractivity contribution is 6.06. The second-order valence-electron chi connectivity index (χ2n) is 6.34. The van der Waals surface area contributed by atoms with Crippen LogP contribution in [0.5, 0.6) is 5.75 Å². The van der Waals surface area contributed by atoms with Crippen LogP contribution in [0.15, 0.2) is 40.9 Å². The third-order valence-electron chi connectivity index (χ3n) is 4.22. The number of aryl methyl sites for hydroxylation is 3. The molecule has 0 bridgehead atoms. The van der Waals surface area contributed by atoms with Crippen molar-refractivity contribution in [3.05, 3.63) is 64.9 Å². The molecule has 2 aromatic heterocycles. The minimum atomic E-state index is -0.718. The van der Waals surface area contributed by atoms with Crippen molar-refractivity contribution >= 4 is 17.5 Å². The maximum atomic E-state index is 12.4. The zero-order chi connectivity index (χ0) is 20.3. The number of furan rings is 1. The molecule has 0 aliphatic carbocycles. The lowest BCUT2D eigenvalue weighted by molar-refractivity contribution is 0.0992. The number of para-hydroxylation sites is 1. The molecular formula is C20H22N4O4. The zero-order valence-corrected chi connectivity index (χ0v) is 16.0. The molecule has 3 N–H and O–H groups in total. The number of benzene rings is 1. The van der Waals surface area contributed by atoms with Gasteiger partial charge in [0, 0.05) is 12.7 Å². The Hall–Kier alpha value is -3.55. The van der Waals surface area contributed by atoms with Crippen molar-refractivity contribution in [2.75, 3.05) is 5.32 Å². The first-order valence-electron chi connectivity index (χ1n) is 8.85. The van der Waals surface area contributed by atoms with Crippen LogP contribution in [0.4, 0.5) is 5.69 Å². The van der Waals surface area contributed by atoms with Crippen LogP contribution in [0.2, 0.25) is 0 Å². The fourth-order valence-electron chi connectivity index (χ4n) is 2.79. The quantitative estimate of drug-likeness (QED) is 0.652. The minimum Gasteiger partial charge on any atom is -0.485 e. The molecule has 146 valence electrons. The number of nitrogens with one attached hydrogen (secondary N) is 1. The van der Waals surface area contributed by atoms with Crippen LogP contribution in [-0.2, 0) is 13.2 Å². The maximum absolute atomic E-state index is 12.4. The summed E-state index contributed by atoms with van der Waals surface area (Å²) in [6.45, 7) is 6.53. The average Bonchev–Trinajstić information content (AvgIpc) is 3.28. The molecule has 0 fully saturated rings. The van der Waals surface area contributed by atoms with E-state index in [1.807, 2.05) is 39.0 Å². The lowest BCUT2D eigenvalue weighted by Crippen LogP contribution is -2.17. The molecule has 0 atom stereocenters. The number of aromatic nitrogens is 2. The number of carbonyl (C=O) groups is 2. The Morgan fingerprint density at radius 2 is 1.93 bits per heavy atom. The molecule has 3 rings (SSSR count). The summed E-state index contributed by atoms with van der Waals surface area (Å²) in [5.41, 5.74) is 7.60. The summed E-state index contributed by atoms with van der Waals surface area (Å²) >= 11 is 0. The first kappa shape index (κ1) is 19.2. The van der Waals surface area contributed by atoms with E-state index in [4.69, 9.17) is 14.9 Å². The predicted octanol–water partition coefficient (Wildman–Crippen LogP) is 3.04. The summed E-state index contributed by atoms with van der Waals surface area (Å²) in [7, 11) is 0. The molecule has 0 saturated carbocycles. The van der Waals surface area contributed by atoms with Gasteiger partial charge in [-0.3, -0.25) is 14.3 Å². The van der Waals surface area contributed by atoms with E-state index >= 15 is 0 Å². The molecule has 2 amide bonds.